The van der Waals surface area contributed by atoms with Crippen molar-refractivity contribution >= 4 is 5.91 Å². The number of hydrogen-bond acceptors (Lipinski definition) is 3. The Morgan fingerprint density at radius 1 is 1.27 bits per heavy atom. The smallest absolute Gasteiger partial charge is 0.260 e. The Hall–Kier alpha value is -2.47. The highest BCUT2D eigenvalue weighted by Gasteiger charge is 2.27. The van der Waals surface area contributed by atoms with E-state index in [0.717, 1.165) is 5.56 Å². The first-order valence-corrected chi connectivity index (χ1v) is 6.99. The lowest BCUT2D eigenvalue weighted by atomic mass is 10.1. The van der Waals surface area contributed by atoms with Crippen LogP contribution in [-0.4, -0.2) is 35.5 Å². The zero-order chi connectivity index (χ0) is 15.5. The minimum Gasteiger partial charge on any atom is -0.370 e. The molecule has 3 rings (SSSR count). The number of ether oxygens (including phenoxy) is 1. The van der Waals surface area contributed by atoms with E-state index in [1.54, 1.807) is 23.1 Å². The fourth-order valence-corrected chi connectivity index (χ4v) is 2.47. The number of morpholine rings is 1. The number of benzene rings is 1. The average Bonchev–Trinajstić information content (AvgIpc) is 2.55. The number of H-pyrrole nitrogens is 1. The second-order valence-electron chi connectivity index (χ2n) is 5.08. The minimum atomic E-state index is -0.405. The fraction of sp³-hybridized carbons (Fsp3) is 0.250. The number of pyridine rings is 1. The first-order valence-electron chi connectivity index (χ1n) is 6.99. The van der Waals surface area contributed by atoms with Gasteiger partial charge in [0, 0.05) is 12.7 Å². The largest absolute Gasteiger partial charge is 0.370 e. The Balaban J connectivity index is 1.78. The molecule has 1 aromatic carbocycles. The van der Waals surface area contributed by atoms with E-state index in [-0.39, 0.29) is 23.4 Å². The second-order valence-corrected chi connectivity index (χ2v) is 5.08. The maximum Gasteiger partial charge on any atom is 0.260 e. The van der Waals surface area contributed by atoms with Crippen LogP contribution in [0.2, 0.25) is 0 Å². The van der Waals surface area contributed by atoms with E-state index >= 15 is 0 Å². The first kappa shape index (κ1) is 14.5. The van der Waals surface area contributed by atoms with Gasteiger partial charge >= 0.3 is 0 Å². The Bertz CT molecular complexity index is 727. The maximum atomic E-state index is 13.0. The number of rotatable bonds is 2. The van der Waals surface area contributed by atoms with E-state index in [9.17, 15) is 14.0 Å². The molecule has 1 amide bonds. The van der Waals surface area contributed by atoms with Gasteiger partial charge in [-0.3, -0.25) is 9.59 Å². The van der Waals surface area contributed by atoms with Crippen LogP contribution in [0.15, 0.2) is 47.4 Å². The standard InChI is InChI=1S/C16H15FN2O3/c17-12-5-3-11(4-6-12)14-10-19(8-9-22-14)16(21)13-2-1-7-18-15(13)20/h1-7,14H,8-10H2,(H,18,20)/t14-/m1/s1. The molecule has 0 radical (unpaired) electrons. The Labute approximate surface area is 126 Å². The van der Waals surface area contributed by atoms with Crippen LogP contribution in [0.25, 0.3) is 0 Å². The number of amides is 1. The van der Waals surface area contributed by atoms with Crippen LogP contribution in [0.3, 0.4) is 0 Å². The molecule has 1 aromatic heterocycles. The maximum absolute atomic E-state index is 13.0. The van der Waals surface area contributed by atoms with Crippen LogP contribution in [0.5, 0.6) is 0 Å². The molecule has 2 aromatic rings. The van der Waals surface area contributed by atoms with E-state index in [0.29, 0.717) is 19.7 Å². The van der Waals surface area contributed by atoms with Gasteiger partial charge in [0.2, 0.25) is 0 Å². The van der Waals surface area contributed by atoms with E-state index in [1.807, 2.05) is 0 Å². The predicted octanol–water partition coefficient (Wildman–Crippen LogP) is 1.73. The summed E-state index contributed by atoms with van der Waals surface area (Å²) in [5, 5.41) is 0. The lowest BCUT2D eigenvalue weighted by molar-refractivity contribution is -0.0229. The van der Waals surface area contributed by atoms with Gasteiger partial charge in [-0.1, -0.05) is 12.1 Å². The SMILES string of the molecule is O=C(c1ccc[nH]c1=O)N1CCO[C@@H](c2ccc(F)cc2)C1. The number of carbonyl (C=O) groups excluding carboxylic acids is 1. The lowest BCUT2D eigenvalue weighted by Gasteiger charge is -2.33. The normalized spacial score (nSPS) is 18.2. The predicted molar refractivity (Wildman–Crippen MR) is 78.1 cm³/mol. The molecule has 0 saturated carbocycles. The number of aromatic amines is 1. The van der Waals surface area contributed by atoms with Gasteiger partial charge in [-0.2, -0.15) is 0 Å². The minimum absolute atomic E-state index is 0.113. The Morgan fingerprint density at radius 3 is 2.77 bits per heavy atom. The quantitative estimate of drug-likeness (QED) is 0.919. The van der Waals surface area contributed by atoms with E-state index in [2.05, 4.69) is 4.98 Å². The summed E-state index contributed by atoms with van der Waals surface area (Å²) in [4.78, 5) is 28.2. The highest BCUT2D eigenvalue weighted by Crippen LogP contribution is 2.23. The fourth-order valence-electron chi connectivity index (χ4n) is 2.47. The van der Waals surface area contributed by atoms with Crippen molar-refractivity contribution in [2.75, 3.05) is 19.7 Å². The van der Waals surface area contributed by atoms with E-state index in [4.69, 9.17) is 4.74 Å². The summed E-state index contributed by atoms with van der Waals surface area (Å²) in [7, 11) is 0. The molecule has 0 spiro atoms. The van der Waals surface area contributed by atoms with Crippen molar-refractivity contribution in [3.05, 3.63) is 69.9 Å². The van der Waals surface area contributed by atoms with Gasteiger partial charge < -0.3 is 14.6 Å². The summed E-state index contributed by atoms with van der Waals surface area (Å²) in [5.74, 6) is -0.638. The number of nitrogens with one attached hydrogen (secondary N) is 1. The monoisotopic (exact) mass is 302 g/mol. The molecule has 1 saturated heterocycles. The summed E-state index contributed by atoms with van der Waals surface area (Å²) in [6, 6.07) is 9.13. The molecular formula is C16H15FN2O3. The van der Waals surface area contributed by atoms with Crippen LogP contribution < -0.4 is 5.56 Å². The third kappa shape index (κ3) is 2.92. The van der Waals surface area contributed by atoms with Gasteiger partial charge in [0.1, 0.15) is 17.5 Å². The molecule has 1 atom stereocenters. The topological polar surface area (TPSA) is 62.4 Å². The van der Waals surface area contributed by atoms with Crippen molar-refractivity contribution in [1.29, 1.82) is 0 Å². The third-order valence-corrected chi connectivity index (χ3v) is 3.64. The first-order chi connectivity index (χ1) is 10.6. The van der Waals surface area contributed by atoms with Crippen molar-refractivity contribution in [2.24, 2.45) is 0 Å². The number of nitrogens with zero attached hydrogens (tertiary/aromatic N) is 1. The Kier molecular flexibility index (Phi) is 4.02. The molecule has 22 heavy (non-hydrogen) atoms. The second kappa shape index (κ2) is 6.11. The third-order valence-electron chi connectivity index (χ3n) is 3.64. The van der Waals surface area contributed by atoms with Crippen LogP contribution >= 0.6 is 0 Å². The molecule has 6 heteroatoms. The van der Waals surface area contributed by atoms with Gasteiger partial charge in [-0.25, -0.2) is 4.39 Å². The number of aromatic nitrogens is 1. The molecule has 1 aliphatic rings. The molecule has 0 aliphatic carbocycles. The molecule has 1 aliphatic heterocycles. The van der Waals surface area contributed by atoms with E-state index in [1.165, 1.54) is 24.4 Å². The van der Waals surface area contributed by atoms with Crippen molar-refractivity contribution in [1.82, 2.24) is 9.88 Å². The summed E-state index contributed by atoms with van der Waals surface area (Å²) >= 11 is 0. The molecule has 1 fully saturated rings. The van der Waals surface area contributed by atoms with Gasteiger partial charge in [-0.15, -0.1) is 0 Å². The van der Waals surface area contributed by atoms with Gasteiger partial charge in [0.05, 0.1) is 13.2 Å². The zero-order valence-corrected chi connectivity index (χ0v) is 11.8. The number of halogens is 1. The van der Waals surface area contributed by atoms with Gasteiger partial charge in [0.25, 0.3) is 11.5 Å². The van der Waals surface area contributed by atoms with Crippen LogP contribution in [0, 0.1) is 5.82 Å². The zero-order valence-electron chi connectivity index (χ0n) is 11.8. The number of hydrogen-bond donors (Lipinski definition) is 1. The average molecular weight is 302 g/mol. The number of carbonyl (C=O) groups is 1. The van der Waals surface area contributed by atoms with E-state index < -0.39 is 5.56 Å². The Morgan fingerprint density at radius 2 is 2.05 bits per heavy atom. The van der Waals surface area contributed by atoms with Crippen LogP contribution in [0.4, 0.5) is 4.39 Å². The van der Waals surface area contributed by atoms with Crippen molar-refractivity contribution < 1.29 is 13.9 Å². The van der Waals surface area contributed by atoms with Crippen molar-refractivity contribution in [3.8, 4) is 0 Å². The highest BCUT2D eigenvalue weighted by molar-refractivity contribution is 5.93. The molecule has 114 valence electrons. The van der Waals surface area contributed by atoms with Gasteiger partial charge in [-0.05, 0) is 29.8 Å². The highest BCUT2D eigenvalue weighted by atomic mass is 19.1. The summed E-state index contributed by atoms with van der Waals surface area (Å²) in [6.07, 6.45) is 1.17. The van der Waals surface area contributed by atoms with Crippen LogP contribution in [-0.2, 0) is 4.74 Å². The van der Waals surface area contributed by atoms with Gasteiger partial charge in [0.15, 0.2) is 0 Å². The lowest BCUT2D eigenvalue weighted by Crippen LogP contribution is -2.43. The molecule has 0 unspecified atom stereocenters. The summed E-state index contributed by atoms with van der Waals surface area (Å²) in [6.45, 7) is 1.13. The molecule has 1 N–H and O–H groups in total. The van der Waals surface area contributed by atoms with Crippen LogP contribution in [0.1, 0.15) is 22.0 Å². The van der Waals surface area contributed by atoms with Crippen molar-refractivity contribution in [2.45, 2.75) is 6.10 Å². The molecule has 0 bridgehead atoms. The summed E-state index contributed by atoms with van der Waals surface area (Å²) in [5.41, 5.74) is 0.514. The van der Waals surface area contributed by atoms with Crippen molar-refractivity contribution in [3.63, 3.8) is 0 Å². The molecule has 5 nitrogen and oxygen atoms in total. The summed E-state index contributed by atoms with van der Waals surface area (Å²) < 4.78 is 18.6. The molecule has 2 heterocycles. The molecular weight excluding hydrogens is 287 g/mol.